The molecule has 1 aliphatic heterocycles. The van der Waals surface area contributed by atoms with E-state index in [1.54, 1.807) is 11.0 Å². The van der Waals surface area contributed by atoms with Crippen molar-refractivity contribution in [1.82, 2.24) is 10.2 Å². The quantitative estimate of drug-likeness (QED) is 0.689. The highest BCUT2D eigenvalue weighted by Crippen LogP contribution is 2.31. The monoisotopic (exact) mass is 416 g/mol. The number of anilines is 2. The second-order valence-electron chi connectivity index (χ2n) is 6.26. The van der Waals surface area contributed by atoms with E-state index in [4.69, 9.17) is 27.6 Å². The predicted molar refractivity (Wildman–Crippen MR) is 105 cm³/mol. The molecule has 3 aromatic rings. The number of benzene rings is 2. The Balaban J connectivity index is 1.47. The predicted octanol–water partition coefficient (Wildman–Crippen LogP) is 4.15. The molecule has 1 fully saturated rings. The number of aromatic nitrogens is 2. The van der Waals surface area contributed by atoms with Gasteiger partial charge in [0.05, 0.1) is 16.5 Å². The van der Waals surface area contributed by atoms with Gasteiger partial charge in [-0.3, -0.25) is 14.9 Å². The summed E-state index contributed by atoms with van der Waals surface area (Å²) in [6.45, 7) is 0.429. The minimum Gasteiger partial charge on any atom is -0.407 e. The Morgan fingerprint density at radius 1 is 1.14 bits per heavy atom. The number of hydrogen-bond acceptors (Lipinski definition) is 5. The van der Waals surface area contributed by atoms with Gasteiger partial charge < -0.3 is 9.32 Å². The Hall–Kier alpha value is -2.90. The zero-order valence-corrected chi connectivity index (χ0v) is 15.9. The van der Waals surface area contributed by atoms with Gasteiger partial charge in [-0.2, -0.15) is 0 Å². The van der Waals surface area contributed by atoms with Gasteiger partial charge in [-0.05, 0) is 30.3 Å². The maximum absolute atomic E-state index is 12.4. The first-order valence-corrected chi connectivity index (χ1v) is 9.22. The number of hydrogen-bond donors (Lipinski definition) is 1. The number of nitrogens with zero attached hydrogens (tertiary/aromatic N) is 3. The third-order valence-corrected chi connectivity index (χ3v) is 4.94. The van der Waals surface area contributed by atoms with Crippen LogP contribution in [0, 0.1) is 0 Å². The second-order valence-corrected chi connectivity index (χ2v) is 7.11. The van der Waals surface area contributed by atoms with E-state index in [0.717, 1.165) is 5.69 Å². The lowest BCUT2D eigenvalue weighted by molar-refractivity contribution is -0.117. The van der Waals surface area contributed by atoms with E-state index < -0.39 is 5.91 Å². The van der Waals surface area contributed by atoms with E-state index in [-0.39, 0.29) is 34.8 Å². The third kappa shape index (κ3) is 3.72. The molecule has 7 nitrogen and oxygen atoms in total. The molecule has 1 atom stereocenters. The van der Waals surface area contributed by atoms with Crippen LogP contribution in [0.3, 0.4) is 0 Å². The molecule has 2 aromatic carbocycles. The number of amides is 2. The van der Waals surface area contributed by atoms with Gasteiger partial charge >= 0.3 is 6.01 Å². The van der Waals surface area contributed by atoms with Gasteiger partial charge in [0.25, 0.3) is 5.91 Å². The molecular formula is C19H14Cl2N4O3. The molecule has 4 rings (SSSR count). The van der Waals surface area contributed by atoms with Crippen molar-refractivity contribution >= 4 is 46.7 Å². The SMILES string of the molecule is O=C(Nc1nnc(C2CC(=O)N(c3ccccc3)C2)o1)c1cc(Cl)ccc1Cl. The molecule has 0 aliphatic carbocycles. The fourth-order valence-electron chi connectivity index (χ4n) is 3.02. The molecule has 28 heavy (non-hydrogen) atoms. The molecule has 1 saturated heterocycles. The van der Waals surface area contributed by atoms with Crippen molar-refractivity contribution in [2.75, 3.05) is 16.8 Å². The number of rotatable bonds is 4. The fraction of sp³-hybridized carbons (Fsp3) is 0.158. The summed E-state index contributed by atoms with van der Waals surface area (Å²) in [7, 11) is 0. The average Bonchev–Trinajstić information content (AvgIpc) is 3.31. The van der Waals surface area contributed by atoms with Crippen LogP contribution >= 0.6 is 23.2 Å². The van der Waals surface area contributed by atoms with Crippen LogP contribution in [-0.2, 0) is 4.79 Å². The zero-order valence-electron chi connectivity index (χ0n) is 14.4. The molecule has 1 aliphatic rings. The molecule has 2 heterocycles. The van der Waals surface area contributed by atoms with Crippen LogP contribution in [0.2, 0.25) is 10.0 Å². The van der Waals surface area contributed by atoms with Crippen molar-refractivity contribution in [2.45, 2.75) is 12.3 Å². The topological polar surface area (TPSA) is 88.3 Å². The molecule has 2 amide bonds. The van der Waals surface area contributed by atoms with Gasteiger partial charge in [-0.1, -0.05) is 46.5 Å². The summed E-state index contributed by atoms with van der Waals surface area (Å²) in [6, 6.07) is 13.9. The second kappa shape index (κ2) is 7.61. The summed E-state index contributed by atoms with van der Waals surface area (Å²) < 4.78 is 5.55. The van der Waals surface area contributed by atoms with Crippen LogP contribution in [-0.4, -0.2) is 28.6 Å². The molecule has 0 spiro atoms. The first kappa shape index (κ1) is 18.5. The van der Waals surface area contributed by atoms with Crippen LogP contribution in [0.5, 0.6) is 0 Å². The molecule has 9 heteroatoms. The lowest BCUT2D eigenvalue weighted by Gasteiger charge is -2.15. The highest BCUT2D eigenvalue weighted by atomic mass is 35.5. The highest BCUT2D eigenvalue weighted by molar-refractivity contribution is 6.36. The van der Waals surface area contributed by atoms with Crippen molar-refractivity contribution < 1.29 is 14.0 Å². The Bertz CT molecular complexity index is 1040. The van der Waals surface area contributed by atoms with E-state index in [1.807, 2.05) is 30.3 Å². The molecule has 142 valence electrons. The van der Waals surface area contributed by atoms with Gasteiger partial charge in [0.15, 0.2) is 0 Å². The Kier molecular flexibility index (Phi) is 5.02. The first-order chi connectivity index (χ1) is 13.5. The molecule has 1 N–H and O–H groups in total. The van der Waals surface area contributed by atoms with Gasteiger partial charge in [0.1, 0.15) is 0 Å². The first-order valence-electron chi connectivity index (χ1n) is 8.46. The number of halogens is 2. The fourth-order valence-corrected chi connectivity index (χ4v) is 3.39. The summed E-state index contributed by atoms with van der Waals surface area (Å²) in [5.41, 5.74) is 1.01. The number of carbonyl (C=O) groups excluding carboxylic acids is 2. The summed E-state index contributed by atoms with van der Waals surface area (Å²) >= 11 is 11.9. The van der Waals surface area contributed by atoms with E-state index in [9.17, 15) is 9.59 Å². The van der Waals surface area contributed by atoms with Crippen LogP contribution in [0.1, 0.15) is 28.6 Å². The number of carbonyl (C=O) groups is 2. The lowest BCUT2D eigenvalue weighted by atomic mass is 10.1. The van der Waals surface area contributed by atoms with Crippen LogP contribution < -0.4 is 10.2 Å². The van der Waals surface area contributed by atoms with E-state index >= 15 is 0 Å². The van der Waals surface area contributed by atoms with Gasteiger partial charge in [-0.25, -0.2) is 0 Å². The summed E-state index contributed by atoms with van der Waals surface area (Å²) in [5.74, 6) is -0.498. The van der Waals surface area contributed by atoms with E-state index in [1.165, 1.54) is 12.1 Å². The van der Waals surface area contributed by atoms with Crippen LogP contribution in [0.25, 0.3) is 0 Å². The van der Waals surface area contributed by atoms with Gasteiger partial charge in [-0.15, -0.1) is 5.10 Å². The lowest BCUT2D eigenvalue weighted by Crippen LogP contribution is -2.24. The standard InChI is InChI=1S/C19H14Cl2N4O3/c20-12-6-7-15(21)14(9-12)17(27)22-19-24-23-18(28-19)11-8-16(26)25(10-11)13-4-2-1-3-5-13/h1-7,9,11H,8,10H2,(H,22,24,27). The molecule has 0 saturated carbocycles. The summed E-state index contributed by atoms with van der Waals surface area (Å²) in [4.78, 5) is 26.4. The highest BCUT2D eigenvalue weighted by Gasteiger charge is 2.35. The maximum Gasteiger partial charge on any atom is 0.322 e. The van der Waals surface area contributed by atoms with Crippen molar-refractivity contribution in [3.8, 4) is 0 Å². The Morgan fingerprint density at radius 3 is 2.71 bits per heavy atom. The van der Waals surface area contributed by atoms with Crippen molar-refractivity contribution in [2.24, 2.45) is 0 Å². The van der Waals surface area contributed by atoms with Crippen molar-refractivity contribution in [1.29, 1.82) is 0 Å². The molecular weight excluding hydrogens is 403 g/mol. The smallest absolute Gasteiger partial charge is 0.322 e. The van der Waals surface area contributed by atoms with Crippen molar-refractivity contribution in [3.05, 3.63) is 70.0 Å². The summed E-state index contributed by atoms with van der Waals surface area (Å²) in [6.07, 6.45) is 0.255. The molecule has 0 radical (unpaired) electrons. The van der Waals surface area contributed by atoms with Crippen LogP contribution in [0.15, 0.2) is 52.9 Å². The van der Waals surface area contributed by atoms with E-state index in [2.05, 4.69) is 15.5 Å². The largest absolute Gasteiger partial charge is 0.407 e. The zero-order chi connectivity index (χ0) is 19.7. The van der Waals surface area contributed by atoms with E-state index in [0.29, 0.717) is 17.5 Å². The minimum absolute atomic E-state index is 0.0225. The van der Waals surface area contributed by atoms with Crippen molar-refractivity contribution in [3.63, 3.8) is 0 Å². The third-order valence-electron chi connectivity index (χ3n) is 4.38. The average molecular weight is 417 g/mol. The number of nitrogens with one attached hydrogen (secondary N) is 1. The molecule has 1 unspecified atom stereocenters. The summed E-state index contributed by atoms with van der Waals surface area (Å²) in [5, 5.41) is 11.0. The molecule has 1 aromatic heterocycles. The molecule has 0 bridgehead atoms. The van der Waals surface area contributed by atoms with Gasteiger partial charge in [0, 0.05) is 23.7 Å². The normalized spacial score (nSPS) is 16.4. The maximum atomic E-state index is 12.4. The Labute approximate surface area is 170 Å². The minimum atomic E-state index is -0.517. The van der Waals surface area contributed by atoms with Crippen LogP contribution in [0.4, 0.5) is 11.7 Å². The Morgan fingerprint density at radius 2 is 1.93 bits per heavy atom. The number of para-hydroxylation sites is 1. The van der Waals surface area contributed by atoms with Gasteiger partial charge in [0.2, 0.25) is 11.8 Å².